The molecule has 1 unspecified atom stereocenters. The average Bonchev–Trinajstić information content (AvgIpc) is 2.91. The lowest BCUT2D eigenvalue weighted by atomic mass is 9.93. The molecule has 0 saturated heterocycles. The molecule has 34 heavy (non-hydrogen) atoms. The van der Waals surface area contributed by atoms with Gasteiger partial charge in [0, 0.05) is 17.1 Å². The Balaban J connectivity index is 1.67. The maximum atomic E-state index is 5.30. The van der Waals surface area contributed by atoms with E-state index in [0.717, 1.165) is 21.6 Å². The lowest BCUT2D eigenvalue weighted by Crippen LogP contribution is -2.34. The van der Waals surface area contributed by atoms with Gasteiger partial charge in [-0.05, 0) is 54.7 Å². The fraction of sp³-hybridized carbons (Fsp3) is 0.0645. The molecule has 0 aliphatic carbocycles. The minimum atomic E-state index is 0.0741. The standard InChI is InChI=1S/C31H23BrN2/c1-34-28(22-14-6-3-7-15-22)20-27(21-12-4-2-5-13-21)33-31(34)29-23-16-8-10-18-25(23)30(32)26-19-11-9-17-24(26)29/h2-20,28H,1H3. The second-order valence-corrected chi connectivity index (χ2v) is 9.39. The smallest absolute Gasteiger partial charge is 0.138 e. The van der Waals surface area contributed by atoms with Crippen molar-refractivity contribution >= 4 is 49.0 Å². The Bertz CT molecular complexity index is 1510. The van der Waals surface area contributed by atoms with Gasteiger partial charge in [0.1, 0.15) is 5.84 Å². The maximum absolute atomic E-state index is 5.30. The van der Waals surface area contributed by atoms with Crippen molar-refractivity contribution in [2.24, 2.45) is 4.99 Å². The molecule has 0 aromatic heterocycles. The minimum absolute atomic E-state index is 0.0741. The van der Waals surface area contributed by atoms with Gasteiger partial charge in [-0.25, -0.2) is 4.99 Å². The Labute approximate surface area is 208 Å². The second-order valence-electron chi connectivity index (χ2n) is 8.60. The Kier molecular flexibility index (Phi) is 5.27. The van der Waals surface area contributed by atoms with Crippen molar-refractivity contribution in [1.82, 2.24) is 4.90 Å². The van der Waals surface area contributed by atoms with E-state index in [9.17, 15) is 0 Å². The lowest BCUT2D eigenvalue weighted by Gasteiger charge is -2.34. The number of aliphatic imine (C=N–C) groups is 1. The molecule has 0 saturated carbocycles. The normalized spacial score (nSPS) is 15.9. The molecule has 0 spiro atoms. The topological polar surface area (TPSA) is 15.6 Å². The first-order chi connectivity index (χ1) is 16.7. The molecule has 3 heteroatoms. The van der Waals surface area contributed by atoms with Crippen LogP contribution in [0.4, 0.5) is 0 Å². The van der Waals surface area contributed by atoms with Crippen LogP contribution in [0.5, 0.6) is 0 Å². The highest BCUT2D eigenvalue weighted by Gasteiger charge is 2.28. The molecule has 1 aliphatic heterocycles. The van der Waals surface area contributed by atoms with Gasteiger partial charge in [0.15, 0.2) is 0 Å². The molecule has 1 aliphatic rings. The Morgan fingerprint density at radius 1 is 0.647 bits per heavy atom. The Hall–Kier alpha value is -3.69. The minimum Gasteiger partial charge on any atom is -0.348 e. The van der Waals surface area contributed by atoms with E-state index < -0.39 is 0 Å². The van der Waals surface area contributed by atoms with Gasteiger partial charge in [0.2, 0.25) is 0 Å². The van der Waals surface area contributed by atoms with Crippen LogP contribution >= 0.6 is 15.9 Å². The van der Waals surface area contributed by atoms with E-state index in [1.54, 1.807) is 0 Å². The van der Waals surface area contributed by atoms with Crippen LogP contribution in [0.25, 0.3) is 27.2 Å². The average molecular weight is 503 g/mol. The summed E-state index contributed by atoms with van der Waals surface area (Å²) in [4.78, 5) is 7.61. The van der Waals surface area contributed by atoms with E-state index in [1.165, 1.54) is 32.7 Å². The zero-order valence-corrected chi connectivity index (χ0v) is 20.4. The molecule has 0 N–H and O–H groups in total. The highest BCUT2D eigenvalue weighted by atomic mass is 79.9. The number of rotatable bonds is 3. The summed E-state index contributed by atoms with van der Waals surface area (Å²) in [7, 11) is 2.15. The molecule has 5 aromatic carbocycles. The third kappa shape index (κ3) is 3.44. The van der Waals surface area contributed by atoms with Gasteiger partial charge in [0.05, 0.1) is 11.7 Å². The quantitative estimate of drug-likeness (QED) is 0.227. The molecule has 0 bridgehead atoms. The van der Waals surface area contributed by atoms with Crippen molar-refractivity contribution in [1.29, 1.82) is 0 Å². The fourth-order valence-corrected chi connectivity index (χ4v) is 5.60. The summed E-state index contributed by atoms with van der Waals surface area (Å²) in [6, 6.07) is 38.4. The Morgan fingerprint density at radius 3 is 1.74 bits per heavy atom. The molecule has 6 rings (SSSR count). The van der Waals surface area contributed by atoms with Gasteiger partial charge in [-0.15, -0.1) is 0 Å². The molecule has 164 valence electrons. The van der Waals surface area contributed by atoms with E-state index in [1.807, 2.05) is 6.07 Å². The predicted octanol–water partition coefficient (Wildman–Crippen LogP) is 8.23. The molecule has 0 radical (unpaired) electrons. The van der Waals surface area contributed by atoms with Crippen LogP contribution in [-0.2, 0) is 0 Å². The van der Waals surface area contributed by atoms with Crippen molar-refractivity contribution in [2.45, 2.75) is 6.04 Å². The maximum Gasteiger partial charge on any atom is 0.138 e. The summed E-state index contributed by atoms with van der Waals surface area (Å²) < 4.78 is 1.12. The summed E-state index contributed by atoms with van der Waals surface area (Å²) in [5.41, 5.74) is 4.54. The predicted molar refractivity (Wildman–Crippen MR) is 147 cm³/mol. The van der Waals surface area contributed by atoms with Gasteiger partial charge in [-0.3, -0.25) is 0 Å². The first-order valence-corrected chi connectivity index (χ1v) is 12.2. The van der Waals surface area contributed by atoms with Crippen LogP contribution in [0, 0.1) is 0 Å². The van der Waals surface area contributed by atoms with Crippen molar-refractivity contribution in [3.63, 3.8) is 0 Å². The van der Waals surface area contributed by atoms with Gasteiger partial charge in [0.25, 0.3) is 0 Å². The van der Waals surface area contributed by atoms with E-state index >= 15 is 0 Å². The molecule has 0 amide bonds. The first kappa shape index (κ1) is 20.9. The SMILES string of the molecule is CN1C(c2c3ccccc3c(Br)c3ccccc23)=NC(c2ccccc2)=CC1c1ccccc1. The number of nitrogens with zero attached hydrogens (tertiary/aromatic N) is 2. The number of benzene rings is 5. The second kappa shape index (κ2) is 8.58. The van der Waals surface area contributed by atoms with Gasteiger partial charge in [-0.2, -0.15) is 0 Å². The van der Waals surface area contributed by atoms with Crippen molar-refractivity contribution in [3.05, 3.63) is 136 Å². The van der Waals surface area contributed by atoms with Crippen LogP contribution in [0.3, 0.4) is 0 Å². The lowest BCUT2D eigenvalue weighted by molar-refractivity contribution is 0.435. The monoisotopic (exact) mass is 502 g/mol. The third-order valence-corrected chi connectivity index (χ3v) is 7.45. The molecule has 0 fully saturated rings. The molecular formula is C31H23BrN2. The van der Waals surface area contributed by atoms with Crippen molar-refractivity contribution < 1.29 is 0 Å². The van der Waals surface area contributed by atoms with Crippen LogP contribution in [0.15, 0.2) is 125 Å². The number of hydrogen-bond acceptors (Lipinski definition) is 2. The third-order valence-electron chi connectivity index (χ3n) is 6.59. The summed E-state index contributed by atoms with van der Waals surface area (Å²) >= 11 is 3.89. The number of amidine groups is 1. The van der Waals surface area contributed by atoms with Crippen molar-refractivity contribution in [2.75, 3.05) is 7.05 Å². The van der Waals surface area contributed by atoms with Gasteiger partial charge >= 0.3 is 0 Å². The molecule has 1 atom stereocenters. The Morgan fingerprint density at radius 2 is 1.15 bits per heavy atom. The number of hydrogen-bond donors (Lipinski definition) is 0. The zero-order valence-electron chi connectivity index (χ0n) is 18.8. The van der Waals surface area contributed by atoms with E-state index in [0.29, 0.717) is 0 Å². The van der Waals surface area contributed by atoms with E-state index in [2.05, 4.69) is 137 Å². The summed E-state index contributed by atoms with van der Waals surface area (Å²) in [6.45, 7) is 0. The largest absolute Gasteiger partial charge is 0.348 e. The summed E-state index contributed by atoms with van der Waals surface area (Å²) in [5.74, 6) is 0.982. The van der Waals surface area contributed by atoms with Crippen molar-refractivity contribution in [3.8, 4) is 0 Å². The van der Waals surface area contributed by atoms with E-state index in [-0.39, 0.29) is 6.04 Å². The van der Waals surface area contributed by atoms with Crippen LogP contribution < -0.4 is 0 Å². The van der Waals surface area contributed by atoms with Crippen LogP contribution in [0.2, 0.25) is 0 Å². The highest BCUT2D eigenvalue weighted by Crippen LogP contribution is 2.40. The van der Waals surface area contributed by atoms with Gasteiger partial charge < -0.3 is 4.90 Å². The number of likely N-dealkylation sites (N-methyl/N-ethyl adjacent to an activating group) is 1. The number of fused-ring (bicyclic) bond motifs is 2. The highest BCUT2D eigenvalue weighted by molar-refractivity contribution is 9.10. The van der Waals surface area contributed by atoms with Gasteiger partial charge in [-0.1, -0.05) is 109 Å². The summed E-state index contributed by atoms with van der Waals surface area (Å²) in [6.07, 6.45) is 2.28. The number of halogens is 1. The molecular weight excluding hydrogens is 480 g/mol. The van der Waals surface area contributed by atoms with Crippen LogP contribution in [-0.4, -0.2) is 17.8 Å². The molecule has 5 aromatic rings. The van der Waals surface area contributed by atoms with E-state index in [4.69, 9.17) is 4.99 Å². The zero-order chi connectivity index (χ0) is 23.1. The molecule has 2 nitrogen and oxygen atoms in total. The molecule has 1 heterocycles. The van der Waals surface area contributed by atoms with Crippen LogP contribution in [0.1, 0.15) is 22.7 Å². The first-order valence-electron chi connectivity index (χ1n) is 11.5. The fourth-order valence-electron chi connectivity index (χ4n) is 4.91. The summed E-state index contributed by atoms with van der Waals surface area (Å²) in [5, 5.41) is 4.78.